The highest BCUT2D eigenvalue weighted by Crippen LogP contribution is 2.22. The van der Waals surface area contributed by atoms with E-state index in [1.807, 2.05) is 58.9 Å². The Labute approximate surface area is 171 Å². The molecule has 0 N–H and O–H groups in total. The lowest BCUT2D eigenvalue weighted by Crippen LogP contribution is -2.44. The molecule has 0 atom stereocenters. The van der Waals surface area contributed by atoms with Crippen molar-refractivity contribution in [1.82, 2.24) is 14.7 Å². The normalized spacial score (nSPS) is 11.2. The van der Waals surface area contributed by atoms with Gasteiger partial charge in [0, 0.05) is 12.1 Å². The zero-order valence-corrected chi connectivity index (χ0v) is 18.1. The molecule has 0 spiro atoms. The van der Waals surface area contributed by atoms with Crippen molar-refractivity contribution in [3.8, 4) is 0 Å². The van der Waals surface area contributed by atoms with Gasteiger partial charge in [0.2, 0.25) is 0 Å². The van der Waals surface area contributed by atoms with Crippen LogP contribution in [0.5, 0.6) is 0 Å². The van der Waals surface area contributed by atoms with Crippen molar-refractivity contribution >= 4 is 23.5 Å². The summed E-state index contributed by atoms with van der Waals surface area (Å²) in [5.41, 5.74) is 2.85. The number of rotatable bonds is 7. The van der Waals surface area contributed by atoms with E-state index in [0.717, 1.165) is 11.1 Å². The van der Waals surface area contributed by atoms with Crippen LogP contribution >= 0.6 is 11.6 Å². The van der Waals surface area contributed by atoms with Gasteiger partial charge in [0.1, 0.15) is 10.7 Å². The third-order valence-corrected chi connectivity index (χ3v) is 4.83. The number of ether oxygens (including phenoxy) is 1. The van der Waals surface area contributed by atoms with E-state index < -0.39 is 5.97 Å². The minimum Gasteiger partial charge on any atom is -0.452 e. The van der Waals surface area contributed by atoms with E-state index in [-0.39, 0.29) is 35.3 Å². The Morgan fingerprint density at radius 1 is 1.11 bits per heavy atom. The number of carbonyl (C=O) groups excluding carboxylic acids is 2. The van der Waals surface area contributed by atoms with Gasteiger partial charge >= 0.3 is 5.97 Å². The highest BCUT2D eigenvalue weighted by molar-refractivity contribution is 6.32. The average Bonchev–Trinajstić information content (AvgIpc) is 2.88. The Morgan fingerprint density at radius 2 is 1.68 bits per heavy atom. The summed E-state index contributed by atoms with van der Waals surface area (Å²) >= 11 is 6.39. The average molecular weight is 406 g/mol. The molecule has 1 heterocycles. The third-order valence-electron chi connectivity index (χ3n) is 4.45. The van der Waals surface area contributed by atoms with Gasteiger partial charge in [-0.1, -0.05) is 41.4 Å². The fraction of sp³-hybridized carbons (Fsp3) is 0.476. The van der Waals surface area contributed by atoms with E-state index in [2.05, 4.69) is 5.10 Å². The van der Waals surface area contributed by atoms with Gasteiger partial charge in [0.15, 0.2) is 6.61 Å². The molecule has 0 unspecified atom stereocenters. The Bertz CT molecular complexity index is 833. The van der Waals surface area contributed by atoms with Crippen LogP contribution in [0.15, 0.2) is 24.3 Å². The van der Waals surface area contributed by atoms with Gasteiger partial charge in [-0.25, -0.2) is 9.48 Å². The summed E-state index contributed by atoms with van der Waals surface area (Å²) in [5, 5.41) is 4.56. The lowest BCUT2D eigenvalue weighted by atomic mass is 10.1. The number of carbonyl (C=O) groups is 2. The first kappa shape index (κ1) is 22.0. The maximum Gasteiger partial charge on any atom is 0.343 e. The molecule has 28 heavy (non-hydrogen) atoms. The summed E-state index contributed by atoms with van der Waals surface area (Å²) in [6.45, 7) is 11.5. The third kappa shape index (κ3) is 5.13. The fourth-order valence-electron chi connectivity index (χ4n) is 3.20. The number of amides is 1. The first-order chi connectivity index (χ1) is 13.1. The molecule has 2 aromatic rings. The number of benzene rings is 1. The van der Waals surface area contributed by atoms with Gasteiger partial charge in [-0.2, -0.15) is 5.10 Å². The second-order valence-corrected chi connectivity index (χ2v) is 7.82. The Morgan fingerprint density at radius 3 is 2.21 bits per heavy atom. The van der Waals surface area contributed by atoms with Crippen LogP contribution in [0.2, 0.25) is 5.15 Å². The summed E-state index contributed by atoms with van der Waals surface area (Å²) in [6, 6.07) is 8.05. The SMILES string of the molecule is Cc1ccc(Cn2nc(C)c(C(=O)OCC(=O)N(C(C)C)C(C)C)c2Cl)cc1. The van der Waals surface area contributed by atoms with E-state index in [0.29, 0.717) is 12.2 Å². The summed E-state index contributed by atoms with van der Waals surface area (Å²) in [4.78, 5) is 26.6. The second-order valence-electron chi connectivity index (χ2n) is 7.46. The van der Waals surface area contributed by atoms with Crippen LogP contribution in [0.25, 0.3) is 0 Å². The number of hydrogen-bond donors (Lipinski definition) is 0. The molecule has 0 saturated heterocycles. The van der Waals surface area contributed by atoms with Gasteiger partial charge in [-0.15, -0.1) is 0 Å². The standard InChI is InChI=1S/C21H28ClN3O3/c1-13(2)25(14(3)4)18(26)12-28-21(27)19-16(6)23-24(20(19)22)11-17-9-7-15(5)8-10-17/h7-10,13-14H,11-12H2,1-6H3. The van der Waals surface area contributed by atoms with Crippen LogP contribution < -0.4 is 0 Å². The molecule has 1 aromatic heterocycles. The van der Waals surface area contributed by atoms with Gasteiger partial charge in [-0.3, -0.25) is 4.79 Å². The topological polar surface area (TPSA) is 64.4 Å². The first-order valence-electron chi connectivity index (χ1n) is 9.38. The monoisotopic (exact) mass is 405 g/mol. The molecule has 0 fully saturated rings. The van der Waals surface area contributed by atoms with E-state index in [1.165, 1.54) is 0 Å². The number of aryl methyl sites for hydroxylation is 2. The van der Waals surface area contributed by atoms with Crippen molar-refractivity contribution in [2.45, 2.75) is 60.2 Å². The largest absolute Gasteiger partial charge is 0.452 e. The Hall–Kier alpha value is -2.34. The fourth-order valence-corrected chi connectivity index (χ4v) is 3.51. The van der Waals surface area contributed by atoms with Gasteiger partial charge < -0.3 is 9.64 Å². The minimum absolute atomic E-state index is 0.0220. The number of aromatic nitrogens is 2. The molecule has 0 aliphatic heterocycles. The number of halogens is 1. The Kier molecular flexibility index (Phi) is 7.24. The zero-order chi connectivity index (χ0) is 21.0. The highest BCUT2D eigenvalue weighted by atomic mass is 35.5. The molecular weight excluding hydrogens is 378 g/mol. The van der Waals surface area contributed by atoms with Gasteiger partial charge in [-0.05, 0) is 47.1 Å². The molecule has 152 valence electrons. The minimum atomic E-state index is -0.640. The van der Waals surface area contributed by atoms with Crippen LogP contribution in [-0.2, 0) is 16.1 Å². The summed E-state index contributed by atoms with van der Waals surface area (Å²) in [5.74, 6) is -0.877. The molecular formula is C21H28ClN3O3. The lowest BCUT2D eigenvalue weighted by molar-refractivity contribution is -0.138. The van der Waals surface area contributed by atoms with Crippen LogP contribution in [0.1, 0.15) is 54.9 Å². The van der Waals surface area contributed by atoms with Gasteiger partial charge in [0.25, 0.3) is 5.91 Å². The van der Waals surface area contributed by atoms with Crippen molar-refractivity contribution in [3.05, 3.63) is 51.8 Å². The molecule has 0 bridgehead atoms. The van der Waals surface area contributed by atoms with Crippen LogP contribution in [0, 0.1) is 13.8 Å². The van der Waals surface area contributed by atoms with Crippen LogP contribution in [0.3, 0.4) is 0 Å². The summed E-state index contributed by atoms with van der Waals surface area (Å²) < 4.78 is 6.81. The lowest BCUT2D eigenvalue weighted by Gasteiger charge is -2.30. The van der Waals surface area contributed by atoms with Crippen molar-refractivity contribution in [2.24, 2.45) is 0 Å². The smallest absolute Gasteiger partial charge is 0.343 e. The molecule has 7 heteroatoms. The second kappa shape index (κ2) is 9.24. The van der Waals surface area contributed by atoms with Crippen LogP contribution in [0.4, 0.5) is 0 Å². The maximum absolute atomic E-state index is 12.5. The van der Waals surface area contributed by atoms with E-state index in [1.54, 1.807) is 16.5 Å². The number of hydrogen-bond acceptors (Lipinski definition) is 4. The molecule has 0 saturated carbocycles. The first-order valence-corrected chi connectivity index (χ1v) is 9.76. The van der Waals surface area contributed by atoms with Gasteiger partial charge in [0.05, 0.1) is 12.2 Å². The number of esters is 1. The Balaban J connectivity index is 2.10. The zero-order valence-electron chi connectivity index (χ0n) is 17.3. The number of nitrogens with zero attached hydrogens (tertiary/aromatic N) is 3. The van der Waals surface area contributed by atoms with Crippen molar-refractivity contribution < 1.29 is 14.3 Å². The van der Waals surface area contributed by atoms with E-state index >= 15 is 0 Å². The molecule has 1 amide bonds. The van der Waals surface area contributed by atoms with Crippen molar-refractivity contribution in [3.63, 3.8) is 0 Å². The summed E-state index contributed by atoms with van der Waals surface area (Å²) in [6.07, 6.45) is 0. The predicted octanol–water partition coefficient (Wildman–Crippen LogP) is 4.00. The van der Waals surface area contributed by atoms with Crippen molar-refractivity contribution in [1.29, 1.82) is 0 Å². The van der Waals surface area contributed by atoms with E-state index in [9.17, 15) is 9.59 Å². The summed E-state index contributed by atoms with van der Waals surface area (Å²) in [7, 11) is 0. The molecule has 0 aliphatic carbocycles. The van der Waals surface area contributed by atoms with E-state index in [4.69, 9.17) is 16.3 Å². The predicted molar refractivity (Wildman–Crippen MR) is 110 cm³/mol. The quantitative estimate of drug-likeness (QED) is 0.653. The van der Waals surface area contributed by atoms with Crippen molar-refractivity contribution in [2.75, 3.05) is 6.61 Å². The molecule has 1 aromatic carbocycles. The molecule has 0 aliphatic rings. The highest BCUT2D eigenvalue weighted by Gasteiger charge is 2.25. The molecule has 6 nitrogen and oxygen atoms in total. The molecule has 0 radical (unpaired) electrons. The maximum atomic E-state index is 12.5. The molecule has 2 rings (SSSR count). The van der Waals surface area contributed by atoms with Crippen LogP contribution in [-0.4, -0.2) is 45.2 Å².